The summed E-state index contributed by atoms with van der Waals surface area (Å²) in [5.41, 5.74) is 4.09. The number of hydrogen-bond acceptors (Lipinski definition) is 4. The minimum atomic E-state index is -0.0443. The number of nitrogens with one attached hydrogen (secondary N) is 1. The zero-order valence-corrected chi connectivity index (χ0v) is 17.9. The second-order valence-electron chi connectivity index (χ2n) is 8.45. The van der Waals surface area contributed by atoms with Crippen LogP contribution in [0.3, 0.4) is 0 Å². The maximum absolute atomic E-state index is 13.1. The molecule has 1 aliphatic rings. The van der Waals surface area contributed by atoms with Crippen LogP contribution in [0, 0.1) is 12.8 Å². The number of aryl methyl sites for hydroxylation is 1. The molecule has 1 fully saturated rings. The Labute approximate surface area is 178 Å². The van der Waals surface area contributed by atoms with E-state index in [1.165, 1.54) is 25.9 Å². The Balaban J connectivity index is 1.50. The van der Waals surface area contributed by atoms with Crippen molar-refractivity contribution in [2.24, 2.45) is 5.92 Å². The number of pyridine rings is 2. The summed E-state index contributed by atoms with van der Waals surface area (Å²) in [6, 6.07) is 13.6. The number of amides is 1. The van der Waals surface area contributed by atoms with Crippen LogP contribution in [0.4, 0.5) is 0 Å². The molecule has 1 saturated heterocycles. The van der Waals surface area contributed by atoms with Crippen molar-refractivity contribution in [3.63, 3.8) is 0 Å². The molecule has 3 heterocycles. The molecular weight excluding hydrogens is 372 g/mol. The lowest BCUT2D eigenvalue weighted by atomic mass is 10.0. The molecule has 1 unspecified atom stereocenters. The molecule has 1 aliphatic heterocycles. The van der Waals surface area contributed by atoms with Gasteiger partial charge in [0.25, 0.3) is 5.91 Å². The van der Waals surface area contributed by atoms with Gasteiger partial charge in [-0.25, -0.2) is 4.98 Å². The van der Waals surface area contributed by atoms with E-state index >= 15 is 0 Å². The smallest absolute Gasteiger partial charge is 0.252 e. The summed E-state index contributed by atoms with van der Waals surface area (Å²) in [7, 11) is 0. The van der Waals surface area contributed by atoms with Gasteiger partial charge in [0.05, 0.1) is 22.5 Å². The first kappa shape index (κ1) is 20.5. The van der Waals surface area contributed by atoms with Crippen molar-refractivity contribution >= 4 is 16.8 Å². The van der Waals surface area contributed by atoms with Crippen LogP contribution in [0.2, 0.25) is 0 Å². The Morgan fingerprint density at radius 2 is 2.10 bits per heavy atom. The second kappa shape index (κ2) is 9.35. The molecule has 4 rings (SSSR count). The predicted molar refractivity (Wildman–Crippen MR) is 121 cm³/mol. The number of piperidine rings is 1. The highest BCUT2D eigenvalue weighted by Crippen LogP contribution is 2.24. The van der Waals surface area contributed by atoms with Crippen molar-refractivity contribution in [1.82, 2.24) is 20.2 Å². The molecule has 1 N–H and O–H groups in total. The van der Waals surface area contributed by atoms with Crippen LogP contribution in [-0.2, 0) is 0 Å². The van der Waals surface area contributed by atoms with E-state index in [9.17, 15) is 4.79 Å². The van der Waals surface area contributed by atoms with E-state index in [-0.39, 0.29) is 5.91 Å². The fourth-order valence-corrected chi connectivity index (χ4v) is 4.26. The van der Waals surface area contributed by atoms with Crippen molar-refractivity contribution in [2.45, 2.75) is 33.1 Å². The largest absolute Gasteiger partial charge is 0.352 e. The van der Waals surface area contributed by atoms with Gasteiger partial charge in [-0.1, -0.05) is 24.6 Å². The number of rotatable bonds is 6. The van der Waals surface area contributed by atoms with E-state index in [0.717, 1.165) is 46.7 Å². The van der Waals surface area contributed by atoms with Crippen LogP contribution in [0.15, 0.2) is 48.7 Å². The van der Waals surface area contributed by atoms with Gasteiger partial charge in [-0.15, -0.1) is 0 Å². The van der Waals surface area contributed by atoms with Gasteiger partial charge in [-0.2, -0.15) is 0 Å². The summed E-state index contributed by atoms with van der Waals surface area (Å²) in [5.74, 6) is 0.738. The van der Waals surface area contributed by atoms with E-state index in [4.69, 9.17) is 4.98 Å². The normalized spacial score (nSPS) is 17.2. The number of likely N-dealkylation sites (tertiary alicyclic amines) is 1. The summed E-state index contributed by atoms with van der Waals surface area (Å²) in [6.45, 7) is 8.44. The molecule has 0 radical (unpaired) electrons. The van der Waals surface area contributed by atoms with Crippen LogP contribution >= 0.6 is 0 Å². The van der Waals surface area contributed by atoms with Crippen molar-refractivity contribution in [3.8, 4) is 11.4 Å². The van der Waals surface area contributed by atoms with Crippen molar-refractivity contribution in [2.75, 3.05) is 26.2 Å². The van der Waals surface area contributed by atoms with E-state index in [1.807, 2.05) is 49.4 Å². The molecule has 3 aromatic rings. The van der Waals surface area contributed by atoms with Crippen molar-refractivity contribution in [1.29, 1.82) is 0 Å². The zero-order valence-electron chi connectivity index (χ0n) is 17.9. The Hall–Kier alpha value is -2.79. The van der Waals surface area contributed by atoms with Crippen LogP contribution in [0.1, 0.15) is 42.1 Å². The van der Waals surface area contributed by atoms with Crippen LogP contribution in [0.5, 0.6) is 0 Å². The number of carbonyl (C=O) groups is 1. The summed E-state index contributed by atoms with van der Waals surface area (Å²) < 4.78 is 0. The maximum Gasteiger partial charge on any atom is 0.252 e. The number of fused-ring (bicyclic) bond motifs is 1. The molecule has 0 bridgehead atoms. The fraction of sp³-hybridized carbons (Fsp3) is 0.400. The highest BCUT2D eigenvalue weighted by atomic mass is 16.1. The molecule has 0 aliphatic carbocycles. The summed E-state index contributed by atoms with van der Waals surface area (Å²) in [4.78, 5) is 24.8. The average molecular weight is 403 g/mol. The highest BCUT2D eigenvalue weighted by molar-refractivity contribution is 6.07. The first-order valence-electron chi connectivity index (χ1n) is 10.9. The SMILES string of the molecule is Cc1ccc2nc(-c3ccccn3)cc(C(=O)NCCCN3CCCC(C)C3)c2c1. The second-order valence-corrected chi connectivity index (χ2v) is 8.45. The summed E-state index contributed by atoms with van der Waals surface area (Å²) in [5, 5.41) is 4.01. The number of carbonyl (C=O) groups excluding carboxylic acids is 1. The molecule has 1 amide bonds. The van der Waals surface area contributed by atoms with E-state index < -0.39 is 0 Å². The lowest BCUT2D eigenvalue weighted by molar-refractivity contribution is 0.0951. The molecule has 2 aromatic heterocycles. The lowest BCUT2D eigenvalue weighted by Gasteiger charge is -2.30. The fourth-order valence-electron chi connectivity index (χ4n) is 4.26. The quantitative estimate of drug-likeness (QED) is 0.619. The van der Waals surface area contributed by atoms with E-state index in [2.05, 4.69) is 22.1 Å². The summed E-state index contributed by atoms with van der Waals surface area (Å²) in [6.07, 6.45) is 5.33. The minimum Gasteiger partial charge on any atom is -0.352 e. The molecule has 0 spiro atoms. The molecule has 0 saturated carbocycles. The number of nitrogens with zero attached hydrogens (tertiary/aromatic N) is 3. The summed E-state index contributed by atoms with van der Waals surface area (Å²) >= 11 is 0. The van der Waals surface area contributed by atoms with Gasteiger partial charge >= 0.3 is 0 Å². The third-order valence-electron chi connectivity index (χ3n) is 5.81. The monoisotopic (exact) mass is 402 g/mol. The van der Waals surface area contributed by atoms with Crippen LogP contribution < -0.4 is 5.32 Å². The van der Waals surface area contributed by atoms with Crippen LogP contribution in [-0.4, -0.2) is 47.0 Å². The van der Waals surface area contributed by atoms with Gasteiger partial charge in [-0.3, -0.25) is 9.78 Å². The molecule has 30 heavy (non-hydrogen) atoms. The molecule has 5 nitrogen and oxygen atoms in total. The third-order valence-corrected chi connectivity index (χ3v) is 5.81. The van der Waals surface area contributed by atoms with Gasteiger partial charge < -0.3 is 10.2 Å². The lowest BCUT2D eigenvalue weighted by Crippen LogP contribution is -2.36. The van der Waals surface area contributed by atoms with Gasteiger partial charge in [0, 0.05) is 24.7 Å². The Kier molecular flexibility index (Phi) is 6.38. The Bertz CT molecular complexity index is 1020. The number of hydrogen-bond donors (Lipinski definition) is 1. The first-order chi connectivity index (χ1) is 14.6. The molecule has 1 atom stereocenters. The molecular formula is C25H30N4O. The predicted octanol–water partition coefficient (Wildman–Crippen LogP) is 4.46. The van der Waals surface area contributed by atoms with E-state index in [1.54, 1.807) is 6.20 Å². The number of aromatic nitrogens is 2. The van der Waals surface area contributed by atoms with Gasteiger partial charge in [-0.05, 0) is 75.5 Å². The third kappa shape index (κ3) is 4.85. The van der Waals surface area contributed by atoms with Crippen molar-refractivity contribution in [3.05, 3.63) is 59.8 Å². The van der Waals surface area contributed by atoms with Gasteiger partial charge in [0.2, 0.25) is 0 Å². The molecule has 1 aromatic carbocycles. The first-order valence-corrected chi connectivity index (χ1v) is 10.9. The number of benzene rings is 1. The minimum absolute atomic E-state index is 0.0443. The van der Waals surface area contributed by atoms with Crippen LogP contribution in [0.25, 0.3) is 22.3 Å². The van der Waals surface area contributed by atoms with E-state index in [0.29, 0.717) is 12.1 Å². The molecule has 156 valence electrons. The molecule has 5 heteroatoms. The Morgan fingerprint density at radius 3 is 2.90 bits per heavy atom. The highest BCUT2D eigenvalue weighted by Gasteiger charge is 2.17. The van der Waals surface area contributed by atoms with Gasteiger partial charge in [0.15, 0.2) is 0 Å². The van der Waals surface area contributed by atoms with Gasteiger partial charge in [0.1, 0.15) is 0 Å². The maximum atomic E-state index is 13.1. The zero-order chi connectivity index (χ0) is 20.9. The average Bonchev–Trinajstić information content (AvgIpc) is 2.76. The Morgan fingerprint density at radius 1 is 1.20 bits per heavy atom. The standard InChI is InChI=1S/C25H30N4O/c1-18-9-10-22-20(15-18)21(16-24(28-22)23-8-3-4-11-26-23)25(30)27-12-6-14-29-13-5-7-19(2)17-29/h3-4,8-11,15-16,19H,5-7,12-14,17H2,1-2H3,(H,27,30). The topological polar surface area (TPSA) is 58.1 Å². The van der Waals surface area contributed by atoms with Crippen molar-refractivity contribution < 1.29 is 4.79 Å².